The minimum atomic E-state index is -2.30. The van der Waals surface area contributed by atoms with Crippen molar-refractivity contribution in [1.82, 2.24) is 38.2 Å². The number of hydrogen-bond donors (Lipinski definition) is 0. The standard InChI is InChI=1S/2C22H17N4.C15H9N2O2.C15H9N2OS/c2*1-24-18-12-6-5-11-17(18)20-22(24)25-14-15-8-7-13-23-19(15)21(25)26(20)16-9-3-2-4-10-16;1-2-6-11-10(5-1)13-15(18-11)17-8-9-4-3-7-16-12(9)14(17)19-13;1-2-6-11-10(5-1)13-15(19-11)17-8-9-4-3-7-16-12(9)14(17)18-13/h2*2-13H,14H2,1H3;2*1-7H,8H2/q4*+1/i1D3;;;. The third-order valence-corrected chi connectivity index (χ3v) is 19.1. The number of fused-ring (bicyclic) bond motifs is 28. The number of thiophene rings is 1. The third kappa shape index (κ3) is 7.27. The topological polar surface area (TPSA) is 126 Å². The zero-order valence-corrected chi connectivity index (χ0v) is 49.1. The molecule has 0 saturated carbocycles. The second-order valence-corrected chi connectivity index (χ2v) is 24.0. The monoisotopic (exact) mass is 1190 g/mol. The Balaban J connectivity index is 0.0000000897. The Kier molecular flexibility index (Phi) is 10.3. The summed E-state index contributed by atoms with van der Waals surface area (Å²) in [4.78, 5) is 19.4. The highest BCUT2D eigenvalue weighted by molar-refractivity contribution is 7.25. The molecule has 0 unspecified atom stereocenters. The fourth-order valence-electron chi connectivity index (χ4n) is 14.1. The predicted molar refractivity (Wildman–Crippen MR) is 347 cm³/mol. The van der Waals surface area contributed by atoms with Crippen LogP contribution in [0.5, 0.6) is 0 Å². The first-order valence-electron chi connectivity index (χ1n) is 31.4. The summed E-state index contributed by atoms with van der Waals surface area (Å²) in [6, 6.07) is 69.6. The molecule has 22 rings (SSSR count). The Morgan fingerprint density at radius 3 is 1.44 bits per heavy atom. The Morgan fingerprint density at radius 1 is 0.411 bits per heavy atom. The molecule has 16 heterocycles. The number of imidazole rings is 2. The van der Waals surface area contributed by atoms with Gasteiger partial charge in [-0.05, 0) is 109 Å². The first-order chi connectivity index (χ1) is 45.7. The van der Waals surface area contributed by atoms with Crippen molar-refractivity contribution >= 4 is 98.2 Å². The van der Waals surface area contributed by atoms with E-state index in [4.69, 9.17) is 22.3 Å². The fourth-order valence-corrected chi connectivity index (χ4v) is 15.2. The van der Waals surface area contributed by atoms with E-state index in [1.54, 1.807) is 23.7 Å². The number of aromatic nitrogens is 12. The van der Waals surface area contributed by atoms with Crippen LogP contribution in [0.1, 0.15) is 26.4 Å². The van der Waals surface area contributed by atoms with Gasteiger partial charge < -0.3 is 13.3 Å². The van der Waals surface area contributed by atoms with Crippen LogP contribution in [0.3, 0.4) is 0 Å². The molecule has 0 fully saturated rings. The van der Waals surface area contributed by atoms with Gasteiger partial charge in [-0.2, -0.15) is 0 Å². The minimum Gasteiger partial charge on any atom is -0.401 e. The van der Waals surface area contributed by atoms with Crippen molar-refractivity contribution in [1.29, 1.82) is 0 Å². The normalized spacial score (nSPS) is 13.5. The van der Waals surface area contributed by atoms with Crippen LogP contribution in [-0.4, -0.2) is 38.2 Å². The molecular weight excluding hydrogens is 1140 g/mol. The zero-order valence-electron chi connectivity index (χ0n) is 51.3. The molecule has 6 aromatic carbocycles. The van der Waals surface area contributed by atoms with Crippen molar-refractivity contribution in [2.75, 3.05) is 0 Å². The van der Waals surface area contributed by atoms with E-state index in [1.165, 1.54) is 63.9 Å². The second-order valence-electron chi connectivity index (χ2n) is 22.9. The number of aryl methyl sites for hydroxylation is 2. The van der Waals surface area contributed by atoms with Crippen molar-refractivity contribution in [2.45, 2.75) is 26.2 Å². The Labute approximate surface area is 520 Å². The van der Waals surface area contributed by atoms with Gasteiger partial charge in [-0.1, -0.05) is 108 Å². The van der Waals surface area contributed by atoms with E-state index in [9.17, 15) is 0 Å². The van der Waals surface area contributed by atoms with Crippen molar-refractivity contribution in [2.24, 2.45) is 14.0 Å². The van der Waals surface area contributed by atoms with Crippen molar-refractivity contribution in [3.63, 3.8) is 0 Å². The molecule has 0 spiro atoms. The average molecular weight is 1190 g/mol. The largest absolute Gasteiger partial charge is 0.422 e. The van der Waals surface area contributed by atoms with Gasteiger partial charge in [0.2, 0.25) is 5.58 Å². The van der Waals surface area contributed by atoms with E-state index in [0.717, 1.165) is 116 Å². The summed E-state index contributed by atoms with van der Waals surface area (Å²) in [5.74, 6) is 3.76. The Hall–Kier alpha value is -11.6. The van der Waals surface area contributed by atoms with Gasteiger partial charge in [-0.25, -0.2) is 38.2 Å². The molecule has 16 heteroatoms. The lowest BCUT2D eigenvalue weighted by molar-refractivity contribution is -0.655. The summed E-state index contributed by atoms with van der Waals surface area (Å²) in [5.41, 5.74) is 20.3. The first-order valence-corrected chi connectivity index (χ1v) is 30.7. The second kappa shape index (κ2) is 19.4. The molecule has 12 aromatic heterocycles. The highest BCUT2D eigenvalue weighted by atomic mass is 32.1. The van der Waals surface area contributed by atoms with Gasteiger partial charge in [-0.3, -0.25) is 9.13 Å². The van der Waals surface area contributed by atoms with Gasteiger partial charge in [0.1, 0.15) is 39.4 Å². The maximum Gasteiger partial charge on any atom is 0.422 e. The lowest BCUT2D eigenvalue weighted by Crippen LogP contribution is -2.33. The SMILES string of the molecule is Cn1c2ccccc2c2c1[n+]1c(n2-c2ccccc2)-c2ncccc2C1.[2H]C([2H])([2H])n1c2ccccc2c2c1[n+]1c(n2-c2ccccc2)-c2ncccc2C1.c1cnc2c(c1)C[n+]1c-2oc2c3ccccc3oc21.c1cnc2c(c1)C[n+]1c-2oc2c3ccccc3sc21. The van der Waals surface area contributed by atoms with Crippen LogP contribution >= 0.6 is 11.3 Å². The van der Waals surface area contributed by atoms with Gasteiger partial charge in [-0.15, -0.1) is 9.13 Å². The molecule has 0 saturated heterocycles. The van der Waals surface area contributed by atoms with Crippen molar-refractivity contribution < 1.29 is 35.6 Å². The number of para-hydroxylation sites is 5. The summed E-state index contributed by atoms with van der Waals surface area (Å²) in [5, 5.41) is 4.40. The van der Waals surface area contributed by atoms with Gasteiger partial charge in [0.15, 0.2) is 35.5 Å². The number of furan rings is 1. The van der Waals surface area contributed by atoms with E-state index in [0.29, 0.717) is 17.7 Å². The highest BCUT2D eigenvalue weighted by Crippen LogP contribution is 2.41. The van der Waals surface area contributed by atoms with Crippen LogP contribution in [0.25, 0.3) is 144 Å². The fraction of sp³-hybridized carbons (Fsp3) is 0.0811. The number of hydrogen-bond acceptors (Lipinski definition) is 8. The molecule has 90 heavy (non-hydrogen) atoms. The lowest BCUT2D eigenvalue weighted by Gasteiger charge is -2.03. The van der Waals surface area contributed by atoms with E-state index >= 15 is 0 Å². The van der Waals surface area contributed by atoms with Crippen LogP contribution in [0, 0.1) is 0 Å². The molecule has 4 aliphatic rings. The number of nitrogens with zero attached hydrogens (tertiary/aromatic N) is 12. The van der Waals surface area contributed by atoms with E-state index in [1.807, 2.05) is 120 Å². The van der Waals surface area contributed by atoms with Crippen LogP contribution < -0.4 is 18.3 Å². The smallest absolute Gasteiger partial charge is 0.401 e. The van der Waals surface area contributed by atoms with Crippen LogP contribution in [0.15, 0.2) is 244 Å². The maximum absolute atomic E-state index is 8.25. The number of pyridine rings is 4. The van der Waals surface area contributed by atoms with Crippen LogP contribution in [0.4, 0.5) is 0 Å². The molecule has 0 bridgehead atoms. The quantitative estimate of drug-likeness (QED) is 0.158. The van der Waals surface area contributed by atoms with Gasteiger partial charge in [0.25, 0.3) is 28.5 Å². The third-order valence-electron chi connectivity index (χ3n) is 17.9. The molecule has 4 aliphatic heterocycles. The first kappa shape index (κ1) is 47.5. The van der Waals surface area contributed by atoms with Gasteiger partial charge in [0, 0.05) is 46.0 Å². The van der Waals surface area contributed by atoms with Crippen molar-refractivity contribution in [3.05, 3.63) is 253 Å². The summed E-state index contributed by atoms with van der Waals surface area (Å²) in [6.07, 6.45) is 7.29. The Morgan fingerprint density at radius 2 is 0.856 bits per heavy atom. The van der Waals surface area contributed by atoms with Gasteiger partial charge >= 0.3 is 22.3 Å². The molecule has 0 N–H and O–H groups in total. The van der Waals surface area contributed by atoms with Gasteiger partial charge in [0.05, 0.1) is 58.5 Å². The van der Waals surface area contributed by atoms with E-state index in [-0.39, 0.29) is 0 Å². The summed E-state index contributed by atoms with van der Waals surface area (Å²) >= 11 is 1.79. The molecule has 15 nitrogen and oxygen atoms in total. The zero-order chi connectivity index (χ0) is 61.8. The van der Waals surface area contributed by atoms with E-state index < -0.39 is 6.98 Å². The lowest BCUT2D eigenvalue weighted by atomic mass is 10.2. The van der Waals surface area contributed by atoms with Crippen LogP contribution in [0.2, 0.25) is 0 Å². The van der Waals surface area contributed by atoms with E-state index in [2.05, 4.69) is 153 Å². The summed E-state index contributed by atoms with van der Waals surface area (Å²) in [7, 11) is 2.16. The van der Waals surface area contributed by atoms with Crippen molar-refractivity contribution in [3.8, 4) is 57.6 Å². The predicted octanol–water partition coefficient (Wildman–Crippen LogP) is 13.9. The molecular formula is C74H52N12O3S+4. The minimum absolute atomic E-state index is 0.598. The molecule has 18 aromatic rings. The summed E-state index contributed by atoms with van der Waals surface area (Å²) < 4.78 is 61.1. The molecule has 0 atom stereocenters. The average Bonchev–Trinajstić information content (AvgIpc) is 1.54. The molecule has 428 valence electrons. The maximum atomic E-state index is 8.25. The molecule has 0 amide bonds. The summed E-state index contributed by atoms with van der Waals surface area (Å²) in [6.45, 7) is 0.775. The number of oxazole rings is 2. The Bertz CT molecular complexity index is 5950. The van der Waals surface area contributed by atoms with Crippen LogP contribution in [-0.2, 0) is 40.2 Å². The highest BCUT2D eigenvalue weighted by Gasteiger charge is 2.41. The molecule has 0 radical (unpaired) electrons. The number of benzene rings is 6. The molecule has 0 aliphatic carbocycles. The number of rotatable bonds is 2.